The molecule has 0 aliphatic heterocycles. The first-order valence-corrected chi connectivity index (χ1v) is 4.81. The van der Waals surface area contributed by atoms with Crippen molar-refractivity contribution in [1.29, 1.82) is 5.53 Å². The second-order valence-corrected chi connectivity index (χ2v) is 2.78. The lowest BCUT2D eigenvalue weighted by atomic mass is 10.4. The predicted octanol–water partition coefficient (Wildman–Crippen LogP) is 3.88. The zero-order valence-corrected chi connectivity index (χ0v) is 10.2. The first kappa shape index (κ1) is 14.8. The molecule has 0 aromatic rings. The van der Waals surface area contributed by atoms with Crippen LogP contribution in [-0.2, 0) is 9.57 Å². The molecule has 0 fully saturated rings. The lowest BCUT2D eigenvalue weighted by molar-refractivity contribution is 0.208. The third-order valence-corrected chi connectivity index (χ3v) is 1.78. The quantitative estimate of drug-likeness (QED) is 0.315. The van der Waals surface area contributed by atoms with Gasteiger partial charge in [-0.2, -0.15) is 5.11 Å². The van der Waals surface area contributed by atoms with E-state index in [0.29, 0.717) is 11.5 Å². The van der Waals surface area contributed by atoms with Crippen molar-refractivity contribution in [3.8, 4) is 0 Å². The maximum absolute atomic E-state index is 6.84. The van der Waals surface area contributed by atoms with E-state index in [4.69, 9.17) is 15.1 Å². The van der Waals surface area contributed by atoms with Crippen LogP contribution in [0.5, 0.6) is 0 Å². The Morgan fingerprint density at radius 1 is 1.12 bits per heavy atom. The Morgan fingerprint density at radius 2 is 1.71 bits per heavy atom. The van der Waals surface area contributed by atoms with Crippen LogP contribution in [0.25, 0.3) is 0 Å². The van der Waals surface area contributed by atoms with Crippen molar-refractivity contribution in [3.05, 3.63) is 48.2 Å². The summed E-state index contributed by atoms with van der Waals surface area (Å²) in [5, 5.41) is 10.4. The van der Waals surface area contributed by atoms with Crippen molar-refractivity contribution >= 4 is 0 Å². The number of rotatable bonds is 7. The molecule has 6 heteroatoms. The van der Waals surface area contributed by atoms with Gasteiger partial charge >= 0.3 is 0 Å². The molecule has 1 N–H and O–H groups in total. The van der Waals surface area contributed by atoms with Crippen molar-refractivity contribution in [3.63, 3.8) is 0 Å². The number of ether oxygens (including phenoxy) is 1. The Labute approximate surface area is 100 Å². The minimum absolute atomic E-state index is 0.143. The molecule has 0 aromatic carbocycles. The summed E-state index contributed by atoms with van der Waals surface area (Å²) < 4.78 is 4.90. The van der Waals surface area contributed by atoms with Crippen LogP contribution in [0.1, 0.15) is 13.8 Å². The Bertz CT molecular complexity index is 394. The monoisotopic (exact) mass is 236 g/mol. The zero-order chi connectivity index (χ0) is 13.3. The SMILES string of the molecule is C=C(O/N=N\C(=C\C)C(=C)OC)/C(=C\C)N=N. The highest BCUT2D eigenvalue weighted by Crippen LogP contribution is 2.14. The number of nitrogens with one attached hydrogen (secondary N) is 1. The van der Waals surface area contributed by atoms with Gasteiger partial charge in [0.2, 0.25) is 0 Å². The van der Waals surface area contributed by atoms with E-state index in [1.54, 1.807) is 26.0 Å². The van der Waals surface area contributed by atoms with E-state index in [1.165, 1.54) is 7.11 Å². The highest BCUT2D eigenvalue weighted by Gasteiger charge is 2.02. The first-order valence-electron chi connectivity index (χ1n) is 4.81. The molecule has 0 rings (SSSR count). The van der Waals surface area contributed by atoms with Crippen molar-refractivity contribution in [1.82, 2.24) is 0 Å². The summed E-state index contributed by atoms with van der Waals surface area (Å²) in [7, 11) is 1.48. The molecule has 0 aromatic heterocycles. The lowest BCUT2D eigenvalue weighted by Gasteiger charge is -2.03. The summed E-state index contributed by atoms with van der Waals surface area (Å²) in [5.74, 6) is 0.520. The third kappa shape index (κ3) is 4.87. The van der Waals surface area contributed by atoms with E-state index in [0.717, 1.165) is 0 Å². The fraction of sp³-hybridized carbons (Fsp3) is 0.273. The second-order valence-electron chi connectivity index (χ2n) is 2.78. The van der Waals surface area contributed by atoms with Gasteiger partial charge in [-0.25, -0.2) is 5.53 Å². The number of allylic oxidation sites excluding steroid dienone is 2. The minimum Gasteiger partial charge on any atom is -0.495 e. The van der Waals surface area contributed by atoms with Gasteiger partial charge in [0.1, 0.15) is 17.2 Å². The molecule has 0 aliphatic carbocycles. The van der Waals surface area contributed by atoms with Crippen molar-refractivity contribution in [2.75, 3.05) is 7.11 Å². The molecule has 0 saturated heterocycles. The molecule has 0 atom stereocenters. The highest BCUT2D eigenvalue weighted by molar-refractivity contribution is 5.21. The number of methoxy groups -OCH3 is 1. The van der Waals surface area contributed by atoms with E-state index in [-0.39, 0.29) is 11.5 Å². The molecule has 0 bridgehead atoms. The summed E-state index contributed by atoms with van der Waals surface area (Å²) in [5.41, 5.74) is 7.58. The van der Waals surface area contributed by atoms with Crippen LogP contribution in [0.2, 0.25) is 0 Å². The van der Waals surface area contributed by atoms with Gasteiger partial charge in [-0.05, 0) is 13.8 Å². The molecule has 0 radical (unpaired) electrons. The average Bonchev–Trinajstić information content (AvgIpc) is 2.35. The van der Waals surface area contributed by atoms with Gasteiger partial charge in [0.05, 0.1) is 7.11 Å². The molecular weight excluding hydrogens is 220 g/mol. The second kappa shape index (κ2) is 7.98. The third-order valence-electron chi connectivity index (χ3n) is 1.78. The van der Waals surface area contributed by atoms with Crippen LogP contribution in [0, 0.1) is 5.53 Å². The first-order chi connectivity index (χ1) is 8.10. The Morgan fingerprint density at radius 3 is 2.12 bits per heavy atom. The predicted molar refractivity (Wildman–Crippen MR) is 63.9 cm³/mol. The van der Waals surface area contributed by atoms with Gasteiger partial charge in [-0.3, -0.25) is 0 Å². The molecule has 92 valence electrons. The van der Waals surface area contributed by atoms with Crippen LogP contribution in [0.4, 0.5) is 0 Å². The Hall–Kier alpha value is -2.24. The largest absolute Gasteiger partial charge is 0.495 e. The lowest BCUT2D eigenvalue weighted by Crippen LogP contribution is -1.89. The smallest absolute Gasteiger partial charge is 0.179 e. The van der Waals surface area contributed by atoms with Crippen LogP contribution in [-0.4, -0.2) is 7.11 Å². The summed E-state index contributed by atoms with van der Waals surface area (Å²) in [6, 6.07) is 0. The Kier molecular flexibility index (Phi) is 6.92. The molecule has 0 amide bonds. The van der Waals surface area contributed by atoms with E-state index < -0.39 is 0 Å². The summed E-state index contributed by atoms with van der Waals surface area (Å²) in [6.45, 7) is 10.7. The van der Waals surface area contributed by atoms with Crippen molar-refractivity contribution < 1.29 is 9.57 Å². The number of nitrogens with zero attached hydrogens (tertiary/aromatic N) is 3. The van der Waals surface area contributed by atoms with Gasteiger partial charge < -0.3 is 9.57 Å². The fourth-order valence-corrected chi connectivity index (χ4v) is 0.827. The molecule has 6 nitrogen and oxygen atoms in total. The average molecular weight is 236 g/mol. The molecule has 0 heterocycles. The van der Waals surface area contributed by atoms with Gasteiger partial charge in [-0.1, -0.05) is 25.3 Å². The van der Waals surface area contributed by atoms with E-state index in [1.807, 2.05) is 0 Å². The highest BCUT2D eigenvalue weighted by atomic mass is 16.6. The maximum Gasteiger partial charge on any atom is 0.179 e. The van der Waals surface area contributed by atoms with E-state index in [9.17, 15) is 0 Å². The van der Waals surface area contributed by atoms with Crippen molar-refractivity contribution in [2.45, 2.75) is 13.8 Å². The normalized spacial score (nSPS) is 12.4. The topological polar surface area (TPSA) is 79.4 Å². The zero-order valence-electron chi connectivity index (χ0n) is 10.2. The van der Waals surface area contributed by atoms with Crippen LogP contribution in [0.15, 0.2) is 63.7 Å². The molecule has 0 aliphatic rings. The molecule has 0 unspecified atom stereocenters. The summed E-state index contributed by atoms with van der Waals surface area (Å²) >= 11 is 0. The standard InChI is InChI=1S/C11H16N4O2/c1-6-10(13-12)9(4)17-15-14-11(7-2)8(3)16-5/h6-7,12H,3-4H2,1-2,5H3/b10-6+,11-7+,13-12?,15-14-. The molecule has 0 spiro atoms. The van der Waals surface area contributed by atoms with Gasteiger partial charge in [-0.15, -0.1) is 5.11 Å². The maximum atomic E-state index is 6.84. The van der Waals surface area contributed by atoms with Gasteiger partial charge in [0.25, 0.3) is 0 Å². The minimum atomic E-state index is 0.143. The van der Waals surface area contributed by atoms with Crippen molar-refractivity contribution in [2.24, 2.45) is 15.5 Å². The van der Waals surface area contributed by atoms with Gasteiger partial charge in [0.15, 0.2) is 5.76 Å². The Balaban J connectivity index is 4.52. The number of hydrogen-bond acceptors (Lipinski definition) is 6. The summed E-state index contributed by atoms with van der Waals surface area (Å²) in [4.78, 5) is 4.86. The summed E-state index contributed by atoms with van der Waals surface area (Å²) in [6.07, 6.45) is 3.25. The molecule has 17 heavy (non-hydrogen) atoms. The molecule has 0 saturated carbocycles. The number of hydrogen-bond donors (Lipinski definition) is 1. The van der Waals surface area contributed by atoms with Crippen LogP contribution < -0.4 is 0 Å². The fourth-order valence-electron chi connectivity index (χ4n) is 0.827. The van der Waals surface area contributed by atoms with E-state index in [2.05, 4.69) is 28.7 Å². The van der Waals surface area contributed by atoms with E-state index >= 15 is 0 Å². The van der Waals surface area contributed by atoms with Crippen LogP contribution >= 0.6 is 0 Å². The molecular formula is C11H16N4O2. The van der Waals surface area contributed by atoms with Crippen LogP contribution in [0.3, 0.4) is 0 Å². The van der Waals surface area contributed by atoms with Gasteiger partial charge in [0, 0.05) is 5.28 Å².